The van der Waals surface area contributed by atoms with Crippen molar-refractivity contribution in [3.05, 3.63) is 88.8 Å². The van der Waals surface area contributed by atoms with Crippen LogP contribution in [0.15, 0.2) is 72.0 Å². The van der Waals surface area contributed by atoms with Crippen molar-refractivity contribution in [2.45, 2.75) is 103 Å². The molecule has 1 N–H and O–H groups in total. The zero-order valence-corrected chi connectivity index (χ0v) is 31.2. The third-order valence-corrected chi connectivity index (χ3v) is 13.1. The van der Waals surface area contributed by atoms with Crippen molar-refractivity contribution in [1.29, 1.82) is 0 Å². The third kappa shape index (κ3) is 6.75. The lowest BCUT2D eigenvalue weighted by Gasteiger charge is -2.32. The number of amides is 2. The van der Waals surface area contributed by atoms with Crippen LogP contribution in [0.3, 0.4) is 0 Å². The lowest BCUT2D eigenvalue weighted by Crippen LogP contribution is -2.45. The molecule has 2 aromatic carbocycles. The van der Waals surface area contributed by atoms with Crippen LogP contribution in [-0.4, -0.2) is 59.6 Å². The summed E-state index contributed by atoms with van der Waals surface area (Å²) in [7, 11) is -3.38. The average molecular weight is 700 g/mol. The van der Waals surface area contributed by atoms with Gasteiger partial charge in [0.15, 0.2) is 5.60 Å². The highest BCUT2D eigenvalue weighted by atomic mass is 28.4. The highest BCUT2D eigenvalue weighted by Gasteiger charge is 2.66. The van der Waals surface area contributed by atoms with Gasteiger partial charge in [0.05, 0.1) is 23.2 Å². The van der Waals surface area contributed by atoms with E-state index in [0.717, 1.165) is 29.8 Å². The van der Waals surface area contributed by atoms with Gasteiger partial charge < -0.3 is 18.9 Å². The predicted octanol–water partition coefficient (Wildman–Crippen LogP) is 7.33. The van der Waals surface area contributed by atoms with Gasteiger partial charge in [0.1, 0.15) is 0 Å². The highest BCUT2D eigenvalue weighted by molar-refractivity contribution is 6.72. The first-order valence-corrected chi connectivity index (χ1v) is 20.8. The molecule has 3 aliphatic heterocycles. The van der Waals surface area contributed by atoms with Crippen molar-refractivity contribution in [2.75, 3.05) is 23.0 Å². The van der Waals surface area contributed by atoms with Crippen molar-refractivity contribution in [2.24, 2.45) is 5.92 Å². The van der Waals surface area contributed by atoms with E-state index in [2.05, 4.69) is 43.2 Å². The molecule has 3 aromatic rings. The van der Waals surface area contributed by atoms with E-state index < -0.39 is 31.6 Å². The van der Waals surface area contributed by atoms with Crippen LogP contribution in [0, 0.1) is 5.92 Å². The van der Waals surface area contributed by atoms with E-state index >= 15 is 4.11 Å². The molecule has 4 atom stereocenters. The van der Waals surface area contributed by atoms with Crippen LogP contribution in [0.4, 0.5) is 21.2 Å². The molecule has 6 rings (SSSR count). The van der Waals surface area contributed by atoms with Crippen LogP contribution in [0.1, 0.15) is 70.2 Å². The molecule has 3 aliphatic rings. The van der Waals surface area contributed by atoms with E-state index in [1.165, 1.54) is 11.1 Å². The summed E-state index contributed by atoms with van der Waals surface area (Å²) in [6, 6.07) is 13.7. The number of rotatable bonds is 12. The lowest BCUT2D eigenvalue weighted by molar-refractivity contribution is -0.145. The second kappa shape index (κ2) is 14.4. The molecule has 0 radical (unpaired) electrons. The van der Waals surface area contributed by atoms with Crippen LogP contribution in [0.5, 0.6) is 0 Å². The van der Waals surface area contributed by atoms with Crippen LogP contribution < -0.4 is 9.80 Å². The number of benzene rings is 2. The van der Waals surface area contributed by atoms with Crippen molar-refractivity contribution >= 4 is 37.3 Å². The Kier molecular flexibility index (Phi) is 10.3. The first-order valence-electron chi connectivity index (χ1n) is 17.9. The van der Waals surface area contributed by atoms with Gasteiger partial charge in [-0.15, -0.1) is 5.10 Å². The zero-order valence-electron chi connectivity index (χ0n) is 30.2. The molecule has 1 spiro atoms. The number of hydrogen-bond acceptors (Lipinski definition) is 6. The Bertz CT molecular complexity index is 1810. The predicted molar refractivity (Wildman–Crippen MR) is 197 cm³/mol. The summed E-state index contributed by atoms with van der Waals surface area (Å²) in [5, 5.41) is 17.7. The molecular formula is C39H50FN5O4Si. The maximum absolute atomic E-state index is 16.5. The number of para-hydroxylation sites is 1. The van der Waals surface area contributed by atoms with Crippen molar-refractivity contribution in [1.82, 2.24) is 15.0 Å². The summed E-state index contributed by atoms with van der Waals surface area (Å²) in [6.07, 6.45) is 9.32. The standard InChI is InChI=1S/C39H50FN5O4Si/c1-26(2)10-9-11-27(3)18-22-44-34-16-15-31(45-33-13-8-7-12-29(33)14-17-36(45)47)24-32(34)39(38(44)48)28(4)37(50(5,6)40)35(49-39)19-21-43-25-30(20-23-46)41-42-43/h7-8,10,12-13,15-16,18,24-25,28,35,37,46H,9,11,14,17,19-23H2,1-6H3/b27-18+/t28-,35+,37-,39+/m1/s1. The molecule has 4 heterocycles. The number of allylic oxidation sites excluding steroid dienone is 3. The summed E-state index contributed by atoms with van der Waals surface area (Å²) < 4.78 is 25.2. The van der Waals surface area contributed by atoms with Crippen LogP contribution in [0.2, 0.25) is 18.6 Å². The van der Waals surface area contributed by atoms with Gasteiger partial charge in [-0.1, -0.05) is 53.6 Å². The van der Waals surface area contributed by atoms with Crippen molar-refractivity contribution < 1.29 is 23.5 Å². The molecule has 1 saturated heterocycles. The summed E-state index contributed by atoms with van der Waals surface area (Å²) in [5.41, 5.74) is 5.31. The number of aryl methyl sites for hydroxylation is 2. The topological polar surface area (TPSA) is 101 Å². The van der Waals surface area contributed by atoms with Gasteiger partial charge in [0.2, 0.25) is 14.3 Å². The minimum absolute atomic E-state index is 0.00403. The fourth-order valence-corrected chi connectivity index (χ4v) is 10.8. The van der Waals surface area contributed by atoms with Crippen LogP contribution in [0.25, 0.3) is 0 Å². The normalized spacial score (nSPS) is 23.5. The lowest BCUT2D eigenvalue weighted by atomic mass is 9.82. The number of aliphatic hydroxyl groups is 1. The fourth-order valence-electron chi connectivity index (χ4n) is 8.21. The number of carbonyl (C=O) groups is 2. The summed E-state index contributed by atoms with van der Waals surface area (Å²) in [4.78, 5) is 32.0. The molecule has 1 fully saturated rings. The Labute approximate surface area is 296 Å². The number of halogens is 1. The van der Waals surface area contributed by atoms with Gasteiger partial charge in [-0.05, 0) is 89.4 Å². The summed E-state index contributed by atoms with van der Waals surface area (Å²) >= 11 is 0. The summed E-state index contributed by atoms with van der Waals surface area (Å²) in [5.74, 6) is -0.651. The largest absolute Gasteiger partial charge is 0.396 e. The average Bonchev–Trinajstić information content (AvgIpc) is 3.71. The third-order valence-electron chi connectivity index (χ3n) is 10.6. The first-order chi connectivity index (χ1) is 23.8. The molecule has 2 amide bonds. The quantitative estimate of drug-likeness (QED) is 0.121. The Hall–Kier alpha value is -3.93. The number of anilines is 3. The molecule has 0 bridgehead atoms. The van der Waals surface area contributed by atoms with Gasteiger partial charge in [0, 0.05) is 61.4 Å². The number of nitrogens with zero attached hydrogens (tertiary/aromatic N) is 5. The van der Waals surface area contributed by atoms with E-state index in [-0.39, 0.29) is 18.4 Å². The highest BCUT2D eigenvalue weighted by Crippen LogP contribution is 2.60. The van der Waals surface area contributed by atoms with E-state index in [0.29, 0.717) is 55.7 Å². The van der Waals surface area contributed by atoms with Crippen LogP contribution in [-0.2, 0) is 39.3 Å². The molecular weight excluding hydrogens is 650 g/mol. The minimum Gasteiger partial charge on any atom is -0.396 e. The monoisotopic (exact) mass is 699 g/mol. The first kappa shape index (κ1) is 35.9. The number of fused-ring (bicyclic) bond motifs is 3. The smallest absolute Gasteiger partial charge is 0.264 e. The Morgan fingerprint density at radius 2 is 1.88 bits per heavy atom. The van der Waals surface area contributed by atoms with Crippen LogP contribution >= 0.6 is 0 Å². The maximum Gasteiger partial charge on any atom is 0.264 e. The molecule has 0 saturated carbocycles. The molecule has 1 aromatic heterocycles. The number of aliphatic hydroxyl groups excluding tert-OH is 1. The van der Waals surface area contributed by atoms with Gasteiger partial charge in [0.25, 0.3) is 5.91 Å². The number of hydrogen-bond donors (Lipinski definition) is 1. The Balaban J connectivity index is 1.41. The van der Waals surface area contributed by atoms with Crippen molar-refractivity contribution in [3.8, 4) is 0 Å². The van der Waals surface area contributed by atoms with Crippen molar-refractivity contribution in [3.63, 3.8) is 0 Å². The number of ether oxygens (including phenoxy) is 1. The SMILES string of the molecule is CC(C)=CCC/C(C)=C/CN1C(=O)[C@@]2(O[C@@H](CCn3cc(CCO)nn3)[C@H]([Si](C)(C)F)[C@H]2C)c2cc(N3C(=O)CCc4ccccc43)ccc21. The van der Waals surface area contributed by atoms with Gasteiger partial charge in [-0.25, -0.2) is 0 Å². The second-order valence-electron chi connectivity index (χ2n) is 14.9. The number of aromatic nitrogens is 3. The van der Waals surface area contributed by atoms with Gasteiger partial charge in [-0.3, -0.25) is 19.2 Å². The molecule has 0 unspecified atom stereocenters. The Morgan fingerprint density at radius 3 is 2.62 bits per heavy atom. The van der Waals surface area contributed by atoms with E-state index in [1.807, 2.05) is 49.4 Å². The molecule has 11 heteroatoms. The summed E-state index contributed by atoms with van der Waals surface area (Å²) in [6.45, 7) is 12.4. The zero-order chi connectivity index (χ0) is 35.8. The van der Waals surface area contributed by atoms with E-state index in [9.17, 15) is 14.7 Å². The molecule has 266 valence electrons. The number of carbonyl (C=O) groups excluding carboxylic acids is 2. The fraction of sp³-hybridized carbons (Fsp3) is 0.487. The maximum atomic E-state index is 16.5. The van der Waals surface area contributed by atoms with E-state index in [4.69, 9.17) is 4.74 Å². The molecule has 9 nitrogen and oxygen atoms in total. The second-order valence-corrected chi connectivity index (χ2v) is 18.6. The minimum atomic E-state index is -3.38. The van der Waals surface area contributed by atoms with Gasteiger partial charge >= 0.3 is 0 Å². The van der Waals surface area contributed by atoms with Gasteiger partial charge in [-0.2, -0.15) is 0 Å². The van der Waals surface area contributed by atoms with E-state index in [1.54, 1.807) is 33.8 Å². The Morgan fingerprint density at radius 1 is 1.10 bits per heavy atom. The molecule has 50 heavy (non-hydrogen) atoms. The molecule has 0 aliphatic carbocycles.